The number of nitrogens with zero attached hydrogens (tertiary/aromatic N) is 6. The summed E-state index contributed by atoms with van der Waals surface area (Å²) in [6.07, 6.45) is 7.41. The first-order valence-corrected chi connectivity index (χ1v) is 11.1. The molecule has 0 N–H and O–H groups in total. The second-order valence-corrected chi connectivity index (χ2v) is 8.48. The molecule has 7 heteroatoms. The number of imidazole rings is 1. The van der Waals surface area contributed by atoms with E-state index in [0.717, 1.165) is 65.4 Å². The molecule has 33 heavy (non-hydrogen) atoms. The molecule has 1 fully saturated rings. The van der Waals surface area contributed by atoms with Gasteiger partial charge in [-0.3, -0.25) is 9.38 Å². The maximum atomic E-state index is 14.2. The standard InChI is InChI=1S/C26H23FN6/c1-31-11-13-32(14-12-31)24-6-5-19(16-29-24)18-8-10-33-23(17-30-25(33)15-18)20-7-9-28-26-21(20)3-2-4-22(26)27/h2-10,15-17H,11-14H2,1H3. The number of hydrogen-bond acceptors (Lipinski definition) is 5. The van der Waals surface area contributed by atoms with Crippen molar-refractivity contribution in [1.82, 2.24) is 24.3 Å². The van der Waals surface area contributed by atoms with Gasteiger partial charge in [-0.2, -0.15) is 0 Å². The molecule has 5 aromatic rings. The largest absolute Gasteiger partial charge is 0.354 e. The van der Waals surface area contributed by atoms with Crippen LogP contribution in [-0.4, -0.2) is 57.5 Å². The minimum atomic E-state index is -0.321. The van der Waals surface area contributed by atoms with Crippen molar-refractivity contribution in [3.63, 3.8) is 0 Å². The smallest absolute Gasteiger partial charge is 0.149 e. The summed E-state index contributed by atoms with van der Waals surface area (Å²) in [5.74, 6) is 0.700. The van der Waals surface area contributed by atoms with Crippen molar-refractivity contribution >= 4 is 22.4 Å². The van der Waals surface area contributed by atoms with E-state index in [1.165, 1.54) is 6.07 Å². The molecule has 0 spiro atoms. The third-order valence-electron chi connectivity index (χ3n) is 6.42. The lowest BCUT2D eigenvalue weighted by Gasteiger charge is -2.33. The predicted molar refractivity (Wildman–Crippen MR) is 129 cm³/mol. The SMILES string of the molecule is CN1CCN(c2ccc(-c3ccn4c(-c5ccnc6c(F)cccc56)cnc4c3)cn2)CC1. The van der Waals surface area contributed by atoms with Crippen LogP contribution in [0.25, 0.3) is 38.9 Å². The molecule has 1 saturated heterocycles. The maximum absolute atomic E-state index is 14.2. The first kappa shape index (κ1) is 19.8. The molecule has 4 aromatic heterocycles. The molecule has 0 saturated carbocycles. The summed E-state index contributed by atoms with van der Waals surface area (Å²) < 4.78 is 16.3. The van der Waals surface area contributed by atoms with E-state index in [1.54, 1.807) is 12.3 Å². The fourth-order valence-corrected chi connectivity index (χ4v) is 4.50. The number of anilines is 1. The molecule has 1 aliphatic rings. The molecule has 0 aliphatic carbocycles. The van der Waals surface area contributed by atoms with Crippen LogP contribution in [0.1, 0.15) is 0 Å². The fourth-order valence-electron chi connectivity index (χ4n) is 4.50. The first-order valence-electron chi connectivity index (χ1n) is 11.1. The van der Waals surface area contributed by atoms with E-state index in [4.69, 9.17) is 4.98 Å². The highest BCUT2D eigenvalue weighted by Gasteiger charge is 2.16. The van der Waals surface area contributed by atoms with Gasteiger partial charge in [0, 0.05) is 61.3 Å². The summed E-state index contributed by atoms with van der Waals surface area (Å²) in [5, 5.41) is 0.770. The average Bonchev–Trinajstić information content (AvgIpc) is 3.28. The Balaban J connectivity index is 1.33. The molecule has 0 radical (unpaired) electrons. The minimum absolute atomic E-state index is 0.321. The third kappa shape index (κ3) is 3.50. The zero-order valence-electron chi connectivity index (χ0n) is 18.3. The van der Waals surface area contributed by atoms with Crippen molar-refractivity contribution in [3.05, 3.63) is 79.1 Å². The lowest BCUT2D eigenvalue weighted by atomic mass is 10.1. The van der Waals surface area contributed by atoms with E-state index in [0.29, 0.717) is 5.52 Å². The molecule has 0 bridgehead atoms. The van der Waals surface area contributed by atoms with Crippen LogP contribution in [0, 0.1) is 5.82 Å². The van der Waals surface area contributed by atoms with Crippen molar-refractivity contribution in [1.29, 1.82) is 0 Å². The Hall–Kier alpha value is -3.84. The molecule has 6 rings (SSSR count). The summed E-state index contributed by atoms with van der Waals surface area (Å²) in [5.41, 5.74) is 5.11. The Labute approximate surface area is 191 Å². The Kier molecular flexibility index (Phi) is 4.77. The van der Waals surface area contributed by atoms with E-state index >= 15 is 0 Å². The molecule has 0 unspecified atom stereocenters. The van der Waals surface area contributed by atoms with Gasteiger partial charge in [-0.15, -0.1) is 0 Å². The third-order valence-corrected chi connectivity index (χ3v) is 6.42. The first-order chi connectivity index (χ1) is 16.2. The number of likely N-dealkylation sites (N-methyl/N-ethyl adjacent to an activating group) is 1. The van der Waals surface area contributed by atoms with Gasteiger partial charge < -0.3 is 9.80 Å². The van der Waals surface area contributed by atoms with Crippen LogP contribution in [0.3, 0.4) is 0 Å². The number of hydrogen-bond donors (Lipinski definition) is 0. The van der Waals surface area contributed by atoms with Crippen LogP contribution in [0.5, 0.6) is 0 Å². The molecule has 5 heterocycles. The van der Waals surface area contributed by atoms with Crippen LogP contribution >= 0.6 is 0 Å². The molecular formula is C26H23FN6. The van der Waals surface area contributed by atoms with E-state index in [-0.39, 0.29) is 5.82 Å². The number of para-hydroxylation sites is 1. The Bertz CT molecular complexity index is 1450. The van der Waals surface area contributed by atoms with Crippen molar-refractivity contribution in [2.24, 2.45) is 0 Å². The van der Waals surface area contributed by atoms with Gasteiger partial charge in [0.25, 0.3) is 0 Å². The molecule has 1 aliphatic heterocycles. The topological polar surface area (TPSA) is 49.6 Å². The van der Waals surface area contributed by atoms with Gasteiger partial charge in [0.05, 0.1) is 11.9 Å². The summed E-state index contributed by atoms with van der Waals surface area (Å²) in [6.45, 7) is 4.11. The minimum Gasteiger partial charge on any atom is -0.354 e. The summed E-state index contributed by atoms with van der Waals surface area (Å²) >= 11 is 0. The van der Waals surface area contributed by atoms with Gasteiger partial charge in [-0.05, 0) is 49.0 Å². The lowest BCUT2D eigenvalue weighted by Crippen LogP contribution is -2.44. The number of benzene rings is 1. The second-order valence-electron chi connectivity index (χ2n) is 8.48. The quantitative estimate of drug-likeness (QED) is 0.415. The van der Waals surface area contributed by atoms with E-state index in [9.17, 15) is 4.39 Å². The normalized spacial score (nSPS) is 14.9. The van der Waals surface area contributed by atoms with Crippen LogP contribution < -0.4 is 4.90 Å². The predicted octanol–water partition coefficient (Wildman–Crippen LogP) is 4.50. The highest BCUT2D eigenvalue weighted by Crippen LogP contribution is 2.30. The van der Waals surface area contributed by atoms with Gasteiger partial charge >= 0.3 is 0 Å². The van der Waals surface area contributed by atoms with Crippen molar-refractivity contribution < 1.29 is 4.39 Å². The summed E-state index contributed by atoms with van der Waals surface area (Å²) in [7, 11) is 2.15. The van der Waals surface area contributed by atoms with Crippen LogP contribution in [-0.2, 0) is 0 Å². The lowest BCUT2D eigenvalue weighted by molar-refractivity contribution is 0.312. The second kappa shape index (κ2) is 7.94. The molecule has 6 nitrogen and oxygen atoms in total. The van der Waals surface area contributed by atoms with E-state index < -0.39 is 0 Å². The van der Waals surface area contributed by atoms with Crippen LogP contribution in [0.4, 0.5) is 10.2 Å². The fraction of sp³-hybridized carbons (Fsp3) is 0.192. The van der Waals surface area contributed by atoms with E-state index in [1.807, 2.05) is 35.1 Å². The van der Waals surface area contributed by atoms with Gasteiger partial charge in [0.15, 0.2) is 0 Å². The molecule has 164 valence electrons. The van der Waals surface area contributed by atoms with E-state index in [2.05, 4.69) is 51.1 Å². The molecular weight excluding hydrogens is 415 g/mol. The highest BCUT2D eigenvalue weighted by atomic mass is 19.1. The van der Waals surface area contributed by atoms with Gasteiger partial charge in [0.1, 0.15) is 22.8 Å². The number of pyridine rings is 3. The Morgan fingerprint density at radius 1 is 0.848 bits per heavy atom. The van der Waals surface area contributed by atoms with Crippen LogP contribution in [0.2, 0.25) is 0 Å². The monoisotopic (exact) mass is 438 g/mol. The highest BCUT2D eigenvalue weighted by molar-refractivity contribution is 5.94. The number of fused-ring (bicyclic) bond motifs is 2. The summed E-state index contributed by atoms with van der Waals surface area (Å²) in [4.78, 5) is 18.2. The van der Waals surface area contributed by atoms with Crippen molar-refractivity contribution in [2.45, 2.75) is 0 Å². The number of halogens is 1. The molecule has 0 atom stereocenters. The Morgan fingerprint density at radius 3 is 2.55 bits per heavy atom. The zero-order valence-corrected chi connectivity index (χ0v) is 18.3. The van der Waals surface area contributed by atoms with Crippen LogP contribution in [0.15, 0.2) is 73.3 Å². The van der Waals surface area contributed by atoms with Gasteiger partial charge in [0.2, 0.25) is 0 Å². The number of aromatic nitrogens is 4. The van der Waals surface area contributed by atoms with Gasteiger partial charge in [-0.1, -0.05) is 12.1 Å². The Morgan fingerprint density at radius 2 is 1.73 bits per heavy atom. The number of rotatable bonds is 3. The van der Waals surface area contributed by atoms with Gasteiger partial charge in [-0.25, -0.2) is 14.4 Å². The average molecular weight is 439 g/mol. The summed E-state index contributed by atoms with van der Waals surface area (Å²) in [6, 6.07) is 15.3. The van der Waals surface area contributed by atoms with Crippen molar-refractivity contribution in [2.75, 3.05) is 38.1 Å². The molecule has 1 aromatic carbocycles. The maximum Gasteiger partial charge on any atom is 0.149 e. The number of piperazine rings is 1. The van der Waals surface area contributed by atoms with Crippen molar-refractivity contribution in [3.8, 4) is 22.4 Å². The zero-order chi connectivity index (χ0) is 22.4. The molecule has 0 amide bonds.